The molecule has 0 aromatic heterocycles. The third-order valence-corrected chi connectivity index (χ3v) is 6.59. The Labute approximate surface area is 209 Å². The molecule has 3 nitrogen and oxygen atoms in total. The Bertz CT molecular complexity index is 758. The second-order valence-electron chi connectivity index (χ2n) is 8.94. The Morgan fingerprint density at radius 2 is 1.24 bits per heavy atom. The molecule has 0 radical (unpaired) electrons. The van der Waals surface area contributed by atoms with Gasteiger partial charge in [0.05, 0.1) is 13.0 Å². The van der Waals surface area contributed by atoms with E-state index in [9.17, 15) is 4.79 Å². The summed E-state index contributed by atoms with van der Waals surface area (Å²) in [6.07, 6.45) is 16.6. The van der Waals surface area contributed by atoms with Crippen LogP contribution < -0.4 is 10.1 Å². The molecule has 0 aliphatic rings. The normalized spacial score (nSPS) is 10.8. The van der Waals surface area contributed by atoms with Gasteiger partial charge in [0, 0.05) is 11.0 Å². The average molecular weight is 517 g/mol. The highest BCUT2D eigenvalue weighted by atomic mass is 79.9. The maximum atomic E-state index is 12.3. The van der Waals surface area contributed by atoms with Crippen molar-refractivity contribution >= 4 is 27.5 Å². The van der Waals surface area contributed by atoms with Crippen LogP contribution in [0.2, 0.25) is 0 Å². The first-order valence-electron chi connectivity index (χ1n) is 12.9. The summed E-state index contributed by atoms with van der Waals surface area (Å²) in [6.45, 7) is 3.04. The third-order valence-electron chi connectivity index (χ3n) is 5.95. The molecule has 1 amide bonds. The molecule has 182 valence electrons. The Hall–Kier alpha value is -1.81. The van der Waals surface area contributed by atoms with Crippen LogP contribution in [0.3, 0.4) is 0 Å². The zero-order valence-electron chi connectivity index (χ0n) is 20.4. The van der Waals surface area contributed by atoms with Gasteiger partial charge in [-0.25, -0.2) is 0 Å². The van der Waals surface area contributed by atoms with Crippen LogP contribution >= 0.6 is 15.9 Å². The molecule has 0 aliphatic carbocycles. The fourth-order valence-corrected chi connectivity index (χ4v) is 4.28. The summed E-state index contributed by atoms with van der Waals surface area (Å²) in [4.78, 5) is 12.3. The highest BCUT2D eigenvalue weighted by Crippen LogP contribution is 2.16. The Kier molecular flexibility index (Phi) is 14.7. The number of unbranched alkanes of at least 4 members (excludes halogenated alkanes) is 11. The molecule has 4 heteroatoms. The van der Waals surface area contributed by atoms with Crippen molar-refractivity contribution in [3.63, 3.8) is 0 Å². The minimum absolute atomic E-state index is 0.00764. The topological polar surface area (TPSA) is 38.3 Å². The third kappa shape index (κ3) is 12.9. The van der Waals surface area contributed by atoms with Gasteiger partial charge in [-0.3, -0.25) is 4.79 Å². The zero-order valence-corrected chi connectivity index (χ0v) is 22.0. The van der Waals surface area contributed by atoms with Crippen molar-refractivity contribution in [2.45, 2.75) is 95.7 Å². The molecule has 33 heavy (non-hydrogen) atoms. The molecule has 1 N–H and O–H groups in total. The fraction of sp³-hybridized carbons (Fsp3) is 0.552. The summed E-state index contributed by atoms with van der Waals surface area (Å²) in [5, 5.41) is 3.77. The van der Waals surface area contributed by atoms with E-state index in [1.54, 1.807) is 0 Å². The number of alkyl halides is 1. The van der Waals surface area contributed by atoms with Gasteiger partial charge in [0.1, 0.15) is 5.75 Å². The van der Waals surface area contributed by atoms with Gasteiger partial charge in [-0.05, 0) is 41.8 Å². The Balaban J connectivity index is 1.50. The Morgan fingerprint density at radius 3 is 1.79 bits per heavy atom. The fourth-order valence-electron chi connectivity index (χ4n) is 3.90. The molecule has 0 heterocycles. The number of hydrogen-bond donors (Lipinski definition) is 1. The molecule has 0 atom stereocenters. The predicted molar refractivity (Wildman–Crippen MR) is 144 cm³/mol. The first kappa shape index (κ1) is 27.4. The van der Waals surface area contributed by atoms with E-state index in [-0.39, 0.29) is 5.91 Å². The van der Waals surface area contributed by atoms with E-state index in [4.69, 9.17) is 4.74 Å². The number of benzene rings is 2. The first-order chi connectivity index (χ1) is 16.2. The van der Waals surface area contributed by atoms with Crippen molar-refractivity contribution in [1.29, 1.82) is 0 Å². The summed E-state index contributed by atoms with van der Waals surface area (Å²) in [7, 11) is 0. The van der Waals surface area contributed by atoms with Gasteiger partial charge in [0.25, 0.3) is 0 Å². The molecular weight excluding hydrogens is 474 g/mol. The van der Waals surface area contributed by atoms with Crippen LogP contribution in [0, 0.1) is 0 Å². The summed E-state index contributed by atoms with van der Waals surface area (Å²) in [5.41, 5.74) is 3.00. The zero-order chi connectivity index (χ0) is 23.6. The van der Waals surface area contributed by atoms with E-state index in [2.05, 4.69) is 28.2 Å². The standard InChI is InChI=1S/C29H42BrNO2/c1-2-3-4-5-6-7-8-9-10-11-12-13-22-33-28-20-16-25(17-21-28)23-29(32)31-27-18-14-26(24-30)15-19-27/h14-21H,2-13,22-24H2,1H3,(H,31,32). The van der Waals surface area contributed by atoms with Crippen molar-refractivity contribution in [2.75, 3.05) is 11.9 Å². The van der Waals surface area contributed by atoms with E-state index in [1.165, 1.54) is 76.2 Å². The molecule has 0 fully saturated rings. The van der Waals surface area contributed by atoms with Gasteiger partial charge < -0.3 is 10.1 Å². The predicted octanol–water partition coefficient (Wildman–Crippen LogP) is 8.84. The lowest BCUT2D eigenvalue weighted by Crippen LogP contribution is -2.14. The van der Waals surface area contributed by atoms with Crippen molar-refractivity contribution in [3.8, 4) is 5.75 Å². The number of nitrogens with one attached hydrogen (secondary N) is 1. The molecule has 0 bridgehead atoms. The maximum Gasteiger partial charge on any atom is 0.228 e. The summed E-state index contributed by atoms with van der Waals surface area (Å²) in [6, 6.07) is 15.8. The van der Waals surface area contributed by atoms with Gasteiger partial charge >= 0.3 is 0 Å². The lowest BCUT2D eigenvalue weighted by atomic mass is 10.1. The number of halogens is 1. The van der Waals surface area contributed by atoms with Crippen molar-refractivity contribution in [2.24, 2.45) is 0 Å². The highest BCUT2D eigenvalue weighted by Gasteiger charge is 2.05. The summed E-state index contributed by atoms with van der Waals surface area (Å²) >= 11 is 3.43. The number of anilines is 1. The van der Waals surface area contributed by atoms with E-state index in [0.717, 1.165) is 35.4 Å². The number of ether oxygens (including phenoxy) is 1. The van der Waals surface area contributed by atoms with Crippen LogP contribution in [0.4, 0.5) is 5.69 Å². The molecule has 0 saturated carbocycles. The van der Waals surface area contributed by atoms with Crippen LogP contribution in [0.25, 0.3) is 0 Å². The van der Waals surface area contributed by atoms with Crippen molar-refractivity contribution < 1.29 is 9.53 Å². The molecule has 0 spiro atoms. The van der Waals surface area contributed by atoms with Crippen LogP contribution in [0.15, 0.2) is 48.5 Å². The number of carbonyl (C=O) groups excluding carboxylic acids is 1. The lowest BCUT2D eigenvalue weighted by molar-refractivity contribution is -0.115. The first-order valence-corrected chi connectivity index (χ1v) is 14.0. The van der Waals surface area contributed by atoms with Crippen molar-refractivity contribution in [3.05, 3.63) is 59.7 Å². The van der Waals surface area contributed by atoms with Gasteiger partial charge in [0.15, 0.2) is 0 Å². The molecule has 0 aliphatic heterocycles. The smallest absolute Gasteiger partial charge is 0.228 e. The van der Waals surface area contributed by atoms with Crippen molar-refractivity contribution in [1.82, 2.24) is 0 Å². The van der Waals surface area contributed by atoms with Gasteiger partial charge in [0.2, 0.25) is 5.91 Å². The Morgan fingerprint density at radius 1 is 0.727 bits per heavy atom. The minimum Gasteiger partial charge on any atom is -0.494 e. The minimum atomic E-state index is -0.00764. The molecule has 2 rings (SSSR count). The summed E-state index contributed by atoms with van der Waals surface area (Å²) in [5.74, 6) is 0.874. The van der Waals surface area contributed by atoms with E-state index in [1.807, 2.05) is 48.5 Å². The second kappa shape index (κ2) is 17.6. The average Bonchev–Trinajstić information content (AvgIpc) is 2.83. The van der Waals surface area contributed by atoms with Crippen LogP contribution in [0.5, 0.6) is 5.75 Å². The number of hydrogen-bond acceptors (Lipinski definition) is 2. The lowest BCUT2D eigenvalue weighted by Gasteiger charge is -2.08. The largest absolute Gasteiger partial charge is 0.494 e. The molecule has 0 unspecified atom stereocenters. The monoisotopic (exact) mass is 515 g/mol. The molecular formula is C29H42BrNO2. The maximum absolute atomic E-state index is 12.3. The van der Waals surface area contributed by atoms with Crippen LogP contribution in [-0.2, 0) is 16.5 Å². The number of amides is 1. The quantitative estimate of drug-likeness (QED) is 0.159. The highest BCUT2D eigenvalue weighted by molar-refractivity contribution is 9.08. The second-order valence-corrected chi connectivity index (χ2v) is 9.50. The molecule has 2 aromatic carbocycles. The number of carbonyl (C=O) groups is 1. The van der Waals surface area contributed by atoms with Crippen LogP contribution in [-0.4, -0.2) is 12.5 Å². The van der Waals surface area contributed by atoms with E-state index in [0.29, 0.717) is 6.42 Å². The van der Waals surface area contributed by atoms with Crippen LogP contribution in [0.1, 0.15) is 95.1 Å². The van der Waals surface area contributed by atoms with Gasteiger partial charge in [-0.15, -0.1) is 0 Å². The van der Waals surface area contributed by atoms with Gasteiger partial charge in [-0.1, -0.05) is 118 Å². The molecule has 0 saturated heterocycles. The SMILES string of the molecule is CCCCCCCCCCCCCCOc1ccc(CC(=O)Nc2ccc(CBr)cc2)cc1. The molecule has 2 aromatic rings. The number of rotatable bonds is 18. The summed E-state index contributed by atoms with van der Waals surface area (Å²) < 4.78 is 5.87. The van der Waals surface area contributed by atoms with E-state index < -0.39 is 0 Å². The van der Waals surface area contributed by atoms with Gasteiger partial charge in [-0.2, -0.15) is 0 Å². The van der Waals surface area contributed by atoms with E-state index >= 15 is 0 Å².